The van der Waals surface area contributed by atoms with E-state index in [4.69, 9.17) is 20.8 Å². The molecule has 1 aromatic heterocycles. The van der Waals surface area contributed by atoms with Crippen molar-refractivity contribution in [2.45, 2.75) is 18.0 Å². The minimum Gasteiger partial charge on any atom is -0.481 e. The Hall–Kier alpha value is -3.14. The van der Waals surface area contributed by atoms with E-state index in [9.17, 15) is 23.1 Å². The summed E-state index contributed by atoms with van der Waals surface area (Å²) in [4.78, 5) is 23.8. The first-order valence-electron chi connectivity index (χ1n) is 8.59. The van der Waals surface area contributed by atoms with Gasteiger partial charge < -0.3 is 14.3 Å². The minimum atomic E-state index is -4.01. The molecule has 2 N–H and O–H groups in total. The lowest BCUT2D eigenvalue weighted by Gasteiger charge is -2.11. The van der Waals surface area contributed by atoms with Gasteiger partial charge in [0.05, 0.1) is 11.6 Å². The second-order valence-electron chi connectivity index (χ2n) is 6.07. The maximum atomic E-state index is 12.4. The second-order valence-corrected chi connectivity index (χ2v) is 8.21. The predicted octanol–water partition coefficient (Wildman–Crippen LogP) is 3.05. The van der Waals surface area contributed by atoms with E-state index in [2.05, 4.69) is 4.72 Å². The molecular formula is C20H16ClNO7S. The molecule has 0 spiro atoms. The predicted molar refractivity (Wildman–Crippen MR) is 108 cm³/mol. The number of carboxylic acid groups (broad SMARTS) is 1. The van der Waals surface area contributed by atoms with Crippen molar-refractivity contribution in [3.8, 4) is 5.75 Å². The molecule has 156 valence electrons. The van der Waals surface area contributed by atoms with Crippen LogP contribution in [0.2, 0.25) is 5.02 Å². The van der Waals surface area contributed by atoms with Crippen LogP contribution < -0.4 is 14.9 Å². The number of halogens is 1. The Morgan fingerprint density at radius 2 is 1.77 bits per heavy atom. The molecule has 0 amide bonds. The SMILES string of the molecule is O=C(O)c1oc(CNS(=O)(=O)c2ccccc2Cl)cc(=O)c1OCc1ccccc1. The van der Waals surface area contributed by atoms with Crippen molar-refractivity contribution in [1.29, 1.82) is 0 Å². The molecule has 3 rings (SSSR count). The first-order chi connectivity index (χ1) is 14.3. The summed E-state index contributed by atoms with van der Waals surface area (Å²) in [6.45, 7) is -0.494. The Morgan fingerprint density at radius 1 is 1.10 bits per heavy atom. The maximum Gasteiger partial charge on any atom is 0.375 e. The van der Waals surface area contributed by atoms with Crippen molar-refractivity contribution < 1.29 is 27.5 Å². The zero-order valence-electron chi connectivity index (χ0n) is 15.4. The fourth-order valence-electron chi connectivity index (χ4n) is 2.53. The van der Waals surface area contributed by atoms with Gasteiger partial charge in [-0.1, -0.05) is 54.1 Å². The highest BCUT2D eigenvalue weighted by atomic mass is 35.5. The zero-order chi connectivity index (χ0) is 21.7. The van der Waals surface area contributed by atoms with Crippen LogP contribution in [-0.2, 0) is 23.2 Å². The molecule has 0 aliphatic rings. The molecule has 30 heavy (non-hydrogen) atoms. The molecule has 10 heteroatoms. The molecule has 0 bridgehead atoms. The van der Waals surface area contributed by atoms with Gasteiger partial charge in [-0.05, 0) is 17.7 Å². The lowest BCUT2D eigenvalue weighted by molar-refractivity contribution is 0.0647. The first kappa shape index (κ1) is 21.6. The van der Waals surface area contributed by atoms with Crippen LogP contribution in [0.3, 0.4) is 0 Å². The van der Waals surface area contributed by atoms with E-state index < -0.39 is 39.5 Å². The minimum absolute atomic E-state index is 0.0161. The molecule has 0 unspecified atom stereocenters. The molecule has 0 saturated heterocycles. The largest absolute Gasteiger partial charge is 0.481 e. The van der Waals surface area contributed by atoms with E-state index in [-0.39, 0.29) is 22.3 Å². The Bertz CT molecular complexity index is 1220. The van der Waals surface area contributed by atoms with Crippen LogP contribution in [0, 0.1) is 0 Å². The highest BCUT2D eigenvalue weighted by Crippen LogP contribution is 2.21. The number of rotatable bonds is 8. The van der Waals surface area contributed by atoms with E-state index in [1.165, 1.54) is 18.2 Å². The summed E-state index contributed by atoms with van der Waals surface area (Å²) in [6.07, 6.45) is 0. The third-order valence-corrected chi connectivity index (χ3v) is 5.84. The number of carboxylic acids is 1. The van der Waals surface area contributed by atoms with Crippen LogP contribution in [0.25, 0.3) is 0 Å². The molecule has 2 aromatic carbocycles. The van der Waals surface area contributed by atoms with Gasteiger partial charge in [0, 0.05) is 6.07 Å². The van der Waals surface area contributed by atoms with Gasteiger partial charge in [0.25, 0.3) is 5.76 Å². The number of hydrogen-bond donors (Lipinski definition) is 2. The average molecular weight is 450 g/mol. The van der Waals surface area contributed by atoms with Crippen LogP contribution in [0.4, 0.5) is 0 Å². The van der Waals surface area contributed by atoms with Crippen molar-refractivity contribution in [1.82, 2.24) is 4.72 Å². The number of hydrogen-bond acceptors (Lipinski definition) is 6. The van der Waals surface area contributed by atoms with Gasteiger partial charge >= 0.3 is 5.97 Å². The highest BCUT2D eigenvalue weighted by Gasteiger charge is 2.22. The Labute approximate surface area is 176 Å². The van der Waals surface area contributed by atoms with E-state index in [0.717, 1.165) is 11.6 Å². The fourth-order valence-corrected chi connectivity index (χ4v) is 4.04. The third-order valence-electron chi connectivity index (χ3n) is 3.94. The van der Waals surface area contributed by atoms with E-state index in [1.807, 2.05) is 0 Å². The van der Waals surface area contributed by atoms with Crippen molar-refractivity contribution >= 4 is 27.6 Å². The quantitative estimate of drug-likeness (QED) is 0.541. The Kier molecular flexibility index (Phi) is 6.56. The molecule has 3 aromatic rings. The molecular weight excluding hydrogens is 434 g/mol. The topological polar surface area (TPSA) is 123 Å². The van der Waals surface area contributed by atoms with Crippen LogP contribution in [0.15, 0.2) is 74.8 Å². The summed E-state index contributed by atoms with van der Waals surface area (Å²) in [5.74, 6) is -2.90. The molecule has 0 aliphatic carbocycles. The zero-order valence-corrected chi connectivity index (χ0v) is 16.9. The van der Waals surface area contributed by atoms with Gasteiger partial charge in [-0.25, -0.2) is 17.9 Å². The summed E-state index contributed by atoms with van der Waals surface area (Å²) in [7, 11) is -4.01. The third kappa shape index (κ3) is 5.07. The van der Waals surface area contributed by atoms with Crippen LogP contribution >= 0.6 is 11.6 Å². The normalized spacial score (nSPS) is 11.2. The number of sulfonamides is 1. The summed E-state index contributed by atoms with van der Waals surface area (Å²) >= 11 is 5.90. The van der Waals surface area contributed by atoms with Crippen molar-refractivity contribution in [3.05, 3.63) is 93.0 Å². The number of nitrogens with one attached hydrogen (secondary N) is 1. The van der Waals surface area contributed by atoms with Gasteiger partial charge in [-0.2, -0.15) is 0 Å². The van der Waals surface area contributed by atoms with Crippen molar-refractivity contribution in [2.24, 2.45) is 0 Å². The van der Waals surface area contributed by atoms with E-state index in [0.29, 0.717) is 0 Å². The van der Waals surface area contributed by atoms with Gasteiger partial charge in [-0.3, -0.25) is 4.79 Å². The molecule has 0 saturated carbocycles. The highest BCUT2D eigenvalue weighted by molar-refractivity contribution is 7.89. The molecule has 0 atom stereocenters. The van der Waals surface area contributed by atoms with Crippen molar-refractivity contribution in [3.63, 3.8) is 0 Å². The van der Waals surface area contributed by atoms with Gasteiger partial charge in [0.2, 0.25) is 21.2 Å². The summed E-state index contributed by atoms with van der Waals surface area (Å²) in [5, 5.41) is 9.40. The molecule has 0 fully saturated rings. The van der Waals surface area contributed by atoms with Gasteiger partial charge in [0.15, 0.2) is 0 Å². The Morgan fingerprint density at radius 3 is 2.43 bits per heavy atom. The summed E-state index contributed by atoms with van der Waals surface area (Å²) in [5.41, 5.74) is -0.0219. The van der Waals surface area contributed by atoms with Crippen LogP contribution in [0.1, 0.15) is 21.9 Å². The number of benzene rings is 2. The number of ether oxygens (including phenoxy) is 1. The average Bonchev–Trinajstić information content (AvgIpc) is 2.72. The Balaban J connectivity index is 1.82. The van der Waals surface area contributed by atoms with Gasteiger partial charge in [0.1, 0.15) is 17.3 Å². The summed E-state index contributed by atoms with van der Waals surface area (Å²) < 4.78 is 37.6. The van der Waals surface area contributed by atoms with Gasteiger partial charge in [-0.15, -0.1) is 0 Å². The van der Waals surface area contributed by atoms with E-state index in [1.54, 1.807) is 36.4 Å². The maximum absolute atomic E-state index is 12.4. The fraction of sp³-hybridized carbons (Fsp3) is 0.100. The van der Waals surface area contributed by atoms with E-state index >= 15 is 0 Å². The second kappa shape index (κ2) is 9.12. The molecule has 8 nitrogen and oxygen atoms in total. The number of carbonyl (C=O) groups is 1. The first-order valence-corrected chi connectivity index (χ1v) is 10.5. The molecule has 1 heterocycles. The monoisotopic (exact) mass is 449 g/mol. The molecule has 0 aliphatic heterocycles. The lowest BCUT2D eigenvalue weighted by atomic mass is 10.2. The molecule has 0 radical (unpaired) electrons. The lowest BCUT2D eigenvalue weighted by Crippen LogP contribution is -2.24. The number of aromatic carboxylic acids is 1. The smallest absolute Gasteiger partial charge is 0.375 e. The summed E-state index contributed by atoms with van der Waals surface area (Å²) in [6, 6.07) is 15.6. The van der Waals surface area contributed by atoms with Crippen LogP contribution in [-0.4, -0.2) is 19.5 Å². The van der Waals surface area contributed by atoms with Crippen molar-refractivity contribution in [2.75, 3.05) is 0 Å². The standard InChI is InChI=1S/C20H16ClNO7S/c21-15-8-4-5-9-17(15)30(26,27)22-11-14-10-16(23)18(19(29-14)20(24)25)28-12-13-6-2-1-3-7-13/h1-10,22H,11-12H2,(H,24,25). The van der Waals surface area contributed by atoms with Crippen LogP contribution in [0.5, 0.6) is 5.75 Å².